The molecule has 0 heterocycles. The van der Waals surface area contributed by atoms with Crippen molar-refractivity contribution >= 4 is 7.60 Å². The van der Waals surface area contributed by atoms with Gasteiger partial charge in [0.2, 0.25) is 0 Å². The first-order valence-electron chi connectivity index (χ1n) is 10.9. The molecular formula is C24H33O6P. The lowest BCUT2D eigenvalue weighted by molar-refractivity contribution is -0.165. The molecule has 0 saturated heterocycles. The summed E-state index contributed by atoms with van der Waals surface area (Å²) in [6.07, 6.45) is 0.467. The molecule has 0 radical (unpaired) electrons. The van der Waals surface area contributed by atoms with E-state index in [2.05, 4.69) is 0 Å². The molecule has 1 aliphatic carbocycles. The number of ether oxygens (including phenoxy) is 3. The van der Waals surface area contributed by atoms with Crippen molar-refractivity contribution in [2.45, 2.75) is 63.8 Å². The lowest BCUT2D eigenvalue weighted by Crippen LogP contribution is -2.50. The zero-order chi connectivity index (χ0) is 22.1. The van der Waals surface area contributed by atoms with Crippen molar-refractivity contribution in [3.8, 4) is 0 Å². The minimum absolute atomic E-state index is 0.0994. The van der Waals surface area contributed by atoms with E-state index in [1.807, 2.05) is 67.6 Å². The Hall–Kier alpha value is -1.53. The molecule has 0 aromatic heterocycles. The molecule has 0 amide bonds. The fourth-order valence-electron chi connectivity index (χ4n) is 3.78. The Bertz CT molecular complexity index is 809. The van der Waals surface area contributed by atoms with Crippen LogP contribution in [0.2, 0.25) is 0 Å². The largest absolute Gasteiger partial charge is 0.375 e. The zero-order valence-corrected chi connectivity index (χ0v) is 19.2. The van der Waals surface area contributed by atoms with Gasteiger partial charge in [-0.05, 0) is 17.5 Å². The third kappa shape index (κ3) is 8.15. The first-order valence-corrected chi connectivity index (χ1v) is 12.9. The number of hydrogen-bond acceptors (Lipinski definition) is 5. The Balaban J connectivity index is 1.73. The highest BCUT2D eigenvalue weighted by atomic mass is 31.2. The standard InChI is InChI=1S/C24H33O6P/c1-3-14-27-22-15-21(28-17-19-10-6-4-7-11-19)16-23(24(22)30-31(2,25)26)29-18-20-12-8-5-9-13-20/h4-13,21-24H,3,14-18H2,1-2H3,(H,25,26)/t21-,22+,23+,24-/m0/s1. The van der Waals surface area contributed by atoms with Gasteiger partial charge < -0.3 is 23.6 Å². The quantitative estimate of drug-likeness (QED) is 0.491. The van der Waals surface area contributed by atoms with E-state index in [4.69, 9.17) is 18.7 Å². The summed E-state index contributed by atoms with van der Waals surface area (Å²) in [5.74, 6) is 0. The maximum Gasteiger partial charge on any atom is 0.325 e. The minimum atomic E-state index is -3.72. The van der Waals surface area contributed by atoms with Gasteiger partial charge in [0.25, 0.3) is 0 Å². The Morgan fingerprint density at radius 3 is 1.90 bits per heavy atom. The van der Waals surface area contributed by atoms with Crippen LogP contribution >= 0.6 is 7.60 Å². The first kappa shape index (κ1) is 24.1. The van der Waals surface area contributed by atoms with Gasteiger partial charge in [0, 0.05) is 26.1 Å². The van der Waals surface area contributed by atoms with E-state index < -0.39 is 19.8 Å². The molecule has 5 atom stereocenters. The zero-order valence-electron chi connectivity index (χ0n) is 18.3. The third-order valence-electron chi connectivity index (χ3n) is 5.21. The number of rotatable bonds is 11. The highest BCUT2D eigenvalue weighted by molar-refractivity contribution is 7.51. The minimum Gasteiger partial charge on any atom is -0.375 e. The summed E-state index contributed by atoms with van der Waals surface area (Å²) < 4.78 is 36.1. The van der Waals surface area contributed by atoms with Crippen molar-refractivity contribution in [2.24, 2.45) is 0 Å². The van der Waals surface area contributed by atoms with Gasteiger partial charge in [0.15, 0.2) is 0 Å². The summed E-state index contributed by atoms with van der Waals surface area (Å²) >= 11 is 0. The molecule has 3 rings (SSSR count). The Labute approximate surface area is 185 Å². The topological polar surface area (TPSA) is 74.2 Å². The Kier molecular flexibility index (Phi) is 9.27. The molecule has 170 valence electrons. The van der Waals surface area contributed by atoms with E-state index >= 15 is 0 Å². The second kappa shape index (κ2) is 11.9. The van der Waals surface area contributed by atoms with E-state index in [1.54, 1.807) is 0 Å². The fourth-order valence-corrected chi connectivity index (χ4v) is 4.50. The highest BCUT2D eigenvalue weighted by Crippen LogP contribution is 2.43. The molecule has 1 aliphatic rings. The van der Waals surface area contributed by atoms with Gasteiger partial charge in [-0.25, -0.2) is 0 Å². The van der Waals surface area contributed by atoms with Crippen LogP contribution in [0.15, 0.2) is 60.7 Å². The average molecular weight is 448 g/mol. The summed E-state index contributed by atoms with van der Waals surface area (Å²) in [5, 5.41) is 0. The van der Waals surface area contributed by atoms with Crippen molar-refractivity contribution in [3.63, 3.8) is 0 Å². The van der Waals surface area contributed by atoms with E-state index in [0.717, 1.165) is 17.5 Å². The Morgan fingerprint density at radius 2 is 1.39 bits per heavy atom. The van der Waals surface area contributed by atoms with E-state index in [0.29, 0.717) is 32.7 Å². The monoisotopic (exact) mass is 448 g/mol. The van der Waals surface area contributed by atoms with Crippen LogP contribution in [0.25, 0.3) is 0 Å². The van der Waals surface area contributed by atoms with E-state index in [-0.39, 0.29) is 12.2 Å². The van der Waals surface area contributed by atoms with Crippen molar-refractivity contribution in [2.75, 3.05) is 13.3 Å². The molecule has 2 aromatic rings. The second-order valence-electron chi connectivity index (χ2n) is 8.01. The van der Waals surface area contributed by atoms with Crippen molar-refractivity contribution < 1.29 is 28.2 Å². The molecule has 1 saturated carbocycles. The van der Waals surface area contributed by atoms with E-state index in [9.17, 15) is 9.46 Å². The van der Waals surface area contributed by atoms with Crippen LogP contribution in [0.1, 0.15) is 37.3 Å². The molecule has 2 aromatic carbocycles. The molecule has 31 heavy (non-hydrogen) atoms. The third-order valence-corrected chi connectivity index (χ3v) is 5.85. The summed E-state index contributed by atoms with van der Waals surface area (Å²) in [6, 6.07) is 19.9. The van der Waals surface area contributed by atoms with Gasteiger partial charge in [0.1, 0.15) is 6.10 Å². The van der Waals surface area contributed by atoms with Crippen molar-refractivity contribution in [3.05, 3.63) is 71.8 Å². The molecule has 7 heteroatoms. The van der Waals surface area contributed by atoms with Gasteiger partial charge in [-0.1, -0.05) is 67.6 Å². The van der Waals surface area contributed by atoms with Crippen LogP contribution in [0.5, 0.6) is 0 Å². The normalized spacial score (nSPS) is 25.8. The lowest BCUT2D eigenvalue weighted by Gasteiger charge is -2.41. The van der Waals surface area contributed by atoms with Crippen molar-refractivity contribution in [1.82, 2.24) is 0 Å². The number of benzene rings is 2. The molecule has 0 bridgehead atoms. The first-order chi connectivity index (χ1) is 14.9. The lowest BCUT2D eigenvalue weighted by atomic mass is 9.89. The second-order valence-corrected chi connectivity index (χ2v) is 9.82. The van der Waals surface area contributed by atoms with Gasteiger partial charge in [-0.15, -0.1) is 0 Å². The van der Waals surface area contributed by atoms with Gasteiger partial charge in [-0.2, -0.15) is 0 Å². The van der Waals surface area contributed by atoms with Gasteiger partial charge in [0.05, 0.1) is 31.5 Å². The van der Waals surface area contributed by atoms with Crippen LogP contribution in [0, 0.1) is 0 Å². The maximum absolute atomic E-state index is 12.1. The fraction of sp³-hybridized carbons (Fsp3) is 0.500. The van der Waals surface area contributed by atoms with Gasteiger partial charge in [-0.3, -0.25) is 4.57 Å². The Morgan fingerprint density at radius 1 is 0.871 bits per heavy atom. The SMILES string of the molecule is CCCO[C@@H]1C[C@H](OCc2ccccc2)C[C@@H](OCc2ccccc2)[C@H]1OP(C)(=O)O. The van der Waals surface area contributed by atoms with Crippen molar-refractivity contribution in [1.29, 1.82) is 0 Å². The van der Waals surface area contributed by atoms with Crippen LogP contribution in [-0.4, -0.2) is 42.6 Å². The molecule has 1 N–H and O–H groups in total. The van der Waals surface area contributed by atoms with Crippen LogP contribution in [-0.2, 0) is 36.5 Å². The average Bonchev–Trinajstić information content (AvgIpc) is 2.76. The smallest absolute Gasteiger partial charge is 0.325 e. The molecule has 0 aliphatic heterocycles. The van der Waals surface area contributed by atoms with Crippen LogP contribution in [0.4, 0.5) is 0 Å². The van der Waals surface area contributed by atoms with Gasteiger partial charge >= 0.3 is 7.60 Å². The van der Waals surface area contributed by atoms with E-state index in [1.165, 1.54) is 6.66 Å². The number of hydrogen-bond donors (Lipinski definition) is 1. The molecule has 1 unspecified atom stereocenters. The molecule has 1 fully saturated rings. The molecular weight excluding hydrogens is 415 g/mol. The molecule has 6 nitrogen and oxygen atoms in total. The molecule has 0 spiro atoms. The maximum atomic E-state index is 12.1. The van der Waals surface area contributed by atoms with Crippen LogP contribution in [0.3, 0.4) is 0 Å². The summed E-state index contributed by atoms with van der Waals surface area (Å²) in [5.41, 5.74) is 2.13. The summed E-state index contributed by atoms with van der Waals surface area (Å²) in [4.78, 5) is 9.93. The van der Waals surface area contributed by atoms with Crippen LogP contribution < -0.4 is 0 Å². The highest BCUT2D eigenvalue weighted by Gasteiger charge is 2.43. The predicted molar refractivity (Wildman–Crippen MR) is 120 cm³/mol. The predicted octanol–water partition coefficient (Wildman–Crippen LogP) is 4.95. The summed E-state index contributed by atoms with van der Waals surface area (Å²) in [6.45, 7) is 4.66. The summed E-state index contributed by atoms with van der Waals surface area (Å²) in [7, 11) is -3.72.